The van der Waals surface area contributed by atoms with Crippen LogP contribution in [-0.4, -0.2) is 92.9 Å². The van der Waals surface area contributed by atoms with Gasteiger partial charge in [0.15, 0.2) is 0 Å². The first kappa shape index (κ1) is 36.0. The summed E-state index contributed by atoms with van der Waals surface area (Å²) in [6, 6.07) is 17.6. The van der Waals surface area contributed by atoms with Gasteiger partial charge in [0.1, 0.15) is 23.3 Å². The van der Waals surface area contributed by atoms with E-state index in [1.807, 2.05) is 26.8 Å². The number of fused-ring (bicyclic) bond motifs is 2. The molecule has 5 aromatic rings. The van der Waals surface area contributed by atoms with E-state index in [0.29, 0.717) is 18.9 Å². The molecule has 2 fully saturated rings. The molecule has 4 atom stereocenters. The van der Waals surface area contributed by atoms with Crippen molar-refractivity contribution in [2.75, 3.05) is 27.3 Å². The highest BCUT2D eigenvalue weighted by Gasteiger charge is 2.39. The molecule has 0 spiro atoms. The van der Waals surface area contributed by atoms with Crippen molar-refractivity contribution in [1.29, 1.82) is 0 Å². The Kier molecular flexibility index (Phi) is 9.86. The fourth-order valence-electron chi connectivity index (χ4n) is 7.40. The minimum Gasteiger partial charge on any atom is -0.453 e. The van der Waals surface area contributed by atoms with Crippen LogP contribution in [0.25, 0.3) is 44.2 Å². The number of imidazole rings is 2. The molecule has 2 aromatic heterocycles. The summed E-state index contributed by atoms with van der Waals surface area (Å²) in [5, 5.41) is 4.81. The predicted molar refractivity (Wildman–Crippen MR) is 201 cm³/mol. The third-order valence-electron chi connectivity index (χ3n) is 10.2. The summed E-state index contributed by atoms with van der Waals surface area (Å²) in [7, 11) is 2.77. The number of hydrogen-bond donors (Lipinski definition) is 3. The van der Waals surface area contributed by atoms with E-state index in [9.17, 15) is 14.4 Å². The minimum absolute atomic E-state index is 0.145. The van der Waals surface area contributed by atoms with Gasteiger partial charge >= 0.3 is 12.2 Å². The zero-order chi connectivity index (χ0) is 37.4. The first-order valence-electron chi connectivity index (χ1n) is 18.2. The van der Waals surface area contributed by atoms with E-state index in [0.717, 1.165) is 75.7 Å². The van der Waals surface area contributed by atoms with Crippen molar-refractivity contribution in [1.82, 2.24) is 35.1 Å². The highest BCUT2D eigenvalue weighted by atomic mass is 16.6. The minimum atomic E-state index is -0.888. The van der Waals surface area contributed by atoms with Crippen LogP contribution in [0.2, 0.25) is 0 Å². The molecule has 0 saturated carbocycles. The lowest BCUT2D eigenvalue weighted by Crippen LogP contribution is -2.54. The molecule has 53 heavy (non-hydrogen) atoms. The molecular weight excluding hydrogens is 674 g/mol. The number of aromatic nitrogens is 4. The van der Waals surface area contributed by atoms with Gasteiger partial charge in [-0.2, -0.15) is 0 Å². The molecular formula is C40H47N7O6. The molecule has 4 heterocycles. The van der Waals surface area contributed by atoms with E-state index in [2.05, 4.69) is 63.8 Å². The zero-order valence-electron chi connectivity index (χ0n) is 31.1. The maximum atomic E-state index is 13.6. The Morgan fingerprint density at radius 2 is 1.49 bits per heavy atom. The standard InChI is InChI=1S/C40H47N7O6/c1-23(51-5)34(45-38(49)52-6)37(48)46-17-7-9-32(46)35-41-22-31(44-35)28-14-13-24-19-25(11-12-26(24)20-28)27-15-16-29-30(21-27)43-36(42-29)33-10-8-18-47(33)39(50)53-40(2,3)4/h11-16,19-23,32-34H,7-10,17-18H2,1-6H3,(H,41,44)(H,42,43)(H,45,49)/t23-,32+,33?,34+/m1/s1. The van der Waals surface area contributed by atoms with E-state index < -0.39 is 23.8 Å². The van der Waals surface area contributed by atoms with Crippen molar-refractivity contribution in [2.24, 2.45) is 0 Å². The van der Waals surface area contributed by atoms with Crippen molar-refractivity contribution >= 4 is 39.9 Å². The number of hydrogen-bond acceptors (Lipinski definition) is 8. The van der Waals surface area contributed by atoms with Crippen LogP contribution in [0, 0.1) is 0 Å². The van der Waals surface area contributed by atoms with Crippen molar-refractivity contribution in [3.63, 3.8) is 0 Å². The molecule has 2 aliphatic rings. The normalized spacial score (nSPS) is 18.8. The summed E-state index contributed by atoms with van der Waals surface area (Å²) in [5.74, 6) is 1.24. The number of amides is 3. The maximum absolute atomic E-state index is 13.6. The van der Waals surface area contributed by atoms with Crippen LogP contribution in [-0.2, 0) is 19.0 Å². The number of aromatic amines is 2. The summed E-state index contributed by atoms with van der Waals surface area (Å²) in [6.45, 7) is 8.58. The van der Waals surface area contributed by atoms with E-state index in [-0.39, 0.29) is 24.1 Å². The third kappa shape index (κ3) is 7.43. The number of likely N-dealkylation sites (tertiary alicyclic amines) is 2. The van der Waals surface area contributed by atoms with Gasteiger partial charge in [0.2, 0.25) is 5.91 Å². The van der Waals surface area contributed by atoms with Gasteiger partial charge in [0.05, 0.1) is 48.2 Å². The Bertz CT molecular complexity index is 2150. The first-order valence-corrected chi connectivity index (χ1v) is 18.2. The summed E-state index contributed by atoms with van der Waals surface area (Å²) in [5.41, 5.74) is 5.20. The molecule has 3 N–H and O–H groups in total. The molecule has 0 bridgehead atoms. The van der Waals surface area contributed by atoms with Crippen LogP contribution in [0.3, 0.4) is 0 Å². The Labute approximate surface area is 308 Å². The van der Waals surface area contributed by atoms with Crippen molar-refractivity contribution in [2.45, 2.75) is 83.2 Å². The summed E-state index contributed by atoms with van der Waals surface area (Å²) in [6.07, 6.45) is 3.57. The molecule has 7 rings (SSSR count). The van der Waals surface area contributed by atoms with Gasteiger partial charge in [0.25, 0.3) is 0 Å². The highest BCUT2D eigenvalue weighted by Crippen LogP contribution is 2.36. The molecule has 1 unspecified atom stereocenters. The number of nitrogens with zero attached hydrogens (tertiary/aromatic N) is 4. The number of rotatable bonds is 8. The lowest BCUT2D eigenvalue weighted by atomic mass is 9.99. The third-order valence-corrected chi connectivity index (χ3v) is 10.2. The smallest absolute Gasteiger partial charge is 0.410 e. The quantitative estimate of drug-likeness (QED) is 0.151. The number of methoxy groups -OCH3 is 2. The van der Waals surface area contributed by atoms with E-state index in [1.165, 1.54) is 14.2 Å². The van der Waals surface area contributed by atoms with Gasteiger partial charge in [-0.3, -0.25) is 9.69 Å². The monoisotopic (exact) mass is 721 g/mol. The SMILES string of the molecule is COC(=O)N[C@H](C(=O)N1CCC[C@H]1c1ncc(-c2ccc3cc(-c4ccc5nc(C6CCCN6C(=O)OC(C)(C)C)[nH]c5c4)ccc3c2)[nH]1)[C@@H](C)OC. The Morgan fingerprint density at radius 3 is 2.19 bits per heavy atom. The number of carbonyl (C=O) groups excluding carboxylic acids is 3. The fraction of sp³-hybridized carbons (Fsp3) is 0.425. The summed E-state index contributed by atoms with van der Waals surface area (Å²) >= 11 is 0. The van der Waals surface area contributed by atoms with Gasteiger partial charge in [-0.05, 0) is 99.5 Å². The summed E-state index contributed by atoms with van der Waals surface area (Å²) < 4.78 is 15.8. The van der Waals surface area contributed by atoms with Gasteiger partial charge in [0, 0.05) is 25.8 Å². The second-order valence-electron chi connectivity index (χ2n) is 14.9. The number of alkyl carbamates (subject to hydrolysis) is 1. The Morgan fingerprint density at radius 1 is 0.849 bits per heavy atom. The van der Waals surface area contributed by atoms with Crippen LogP contribution in [0.4, 0.5) is 9.59 Å². The number of H-pyrrole nitrogens is 2. The van der Waals surface area contributed by atoms with Gasteiger partial charge < -0.3 is 34.4 Å². The van der Waals surface area contributed by atoms with Crippen LogP contribution >= 0.6 is 0 Å². The van der Waals surface area contributed by atoms with Crippen molar-refractivity contribution in [3.05, 3.63) is 72.4 Å². The van der Waals surface area contributed by atoms with Crippen LogP contribution in [0.5, 0.6) is 0 Å². The molecule has 0 aliphatic carbocycles. The maximum Gasteiger partial charge on any atom is 0.410 e. The highest BCUT2D eigenvalue weighted by molar-refractivity contribution is 5.92. The van der Waals surface area contributed by atoms with E-state index in [4.69, 9.17) is 24.2 Å². The Hall–Kier alpha value is -5.43. The van der Waals surface area contributed by atoms with Gasteiger partial charge in [-0.1, -0.05) is 30.3 Å². The molecule has 13 nitrogen and oxygen atoms in total. The predicted octanol–water partition coefficient (Wildman–Crippen LogP) is 7.27. The second kappa shape index (κ2) is 14.5. The zero-order valence-corrected chi connectivity index (χ0v) is 31.1. The number of ether oxygens (including phenoxy) is 3. The lowest BCUT2D eigenvalue weighted by Gasteiger charge is -2.30. The first-order chi connectivity index (χ1) is 25.4. The lowest BCUT2D eigenvalue weighted by molar-refractivity contribution is -0.137. The average molecular weight is 722 g/mol. The van der Waals surface area contributed by atoms with E-state index in [1.54, 1.807) is 22.9 Å². The number of benzene rings is 3. The molecule has 2 saturated heterocycles. The van der Waals surface area contributed by atoms with Gasteiger partial charge in [-0.25, -0.2) is 19.6 Å². The summed E-state index contributed by atoms with van der Waals surface area (Å²) in [4.78, 5) is 58.6. The number of nitrogens with one attached hydrogen (secondary N) is 3. The molecule has 278 valence electrons. The molecule has 3 aromatic carbocycles. The van der Waals surface area contributed by atoms with Crippen molar-refractivity contribution in [3.8, 4) is 22.4 Å². The second-order valence-corrected chi connectivity index (χ2v) is 14.9. The Balaban J connectivity index is 1.08. The largest absolute Gasteiger partial charge is 0.453 e. The topological polar surface area (TPSA) is 155 Å². The van der Waals surface area contributed by atoms with E-state index >= 15 is 0 Å². The molecule has 0 radical (unpaired) electrons. The van der Waals surface area contributed by atoms with Crippen LogP contribution in [0.1, 0.15) is 77.1 Å². The van der Waals surface area contributed by atoms with Crippen molar-refractivity contribution < 1.29 is 28.6 Å². The molecule has 2 aliphatic heterocycles. The van der Waals surface area contributed by atoms with Crippen LogP contribution in [0.15, 0.2) is 60.8 Å². The molecule has 3 amide bonds. The fourth-order valence-corrected chi connectivity index (χ4v) is 7.40. The average Bonchev–Trinajstić information content (AvgIpc) is 3.97. The molecule has 13 heteroatoms. The van der Waals surface area contributed by atoms with Crippen LogP contribution < -0.4 is 5.32 Å². The number of carbonyl (C=O) groups is 3. The van der Waals surface area contributed by atoms with Gasteiger partial charge in [-0.15, -0.1) is 0 Å².